The van der Waals surface area contributed by atoms with Crippen molar-refractivity contribution in [1.82, 2.24) is 0 Å². The summed E-state index contributed by atoms with van der Waals surface area (Å²) in [7, 11) is 0. The first-order valence-electron chi connectivity index (χ1n) is 10.2. The van der Waals surface area contributed by atoms with Crippen molar-refractivity contribution < 1.29 is 13.2 Å². The SMILES string of the molecule is CC[C@H]1CC[C@](CCc2cc(F)c(F)c(F)c2)(C2CCCCC2)CC1. The lowest BCUT2D eigenvalue weighted by Gasteiger charge is -2.47. The molecule has 2 saturated carbocycles. The van der Waals surface area contributed by atoms with Gasteiger partial charge in [-0.2, -0.15) is 0 Å². The molecule has 0 heterocycles. The molecule has 2 aliphatic rings. The van der Waals surface area contributed by atoms with Crippen LogP contribution in [-0.2, 0) is 6.42 Å². The van der Waals surface area contributed by atoms with Gasteiger partial charge in [-0.05, 0) is 86.3 Å². The van der Waals surface area contributed by atoms with Crippen LogP contribution >= 0.6 is 0 Å². The minimum absolute atomic E-state index is 0.327. The van der Waals surface area contributed by atoms with Gasteiger partial charge in [-0.25, -0.2) is 13.2 Å². The minimum atomic E-state index is -1.35. The fourth-order valence-corrected chi connectivity index (χ4v) is 5.38. The van der Waals surface area contributed by atoms with Gasteiger partial charge in [0.1, 0.15) is 0 Å². The predicted molar refractivity (Wildman–Crippen MR) is 95.9 cm³/mol. The van der Waals surface area contributed by atoms with E-state index in [1.807, 2.05) is 0 Å². The molecular weight excluding hydrogens is 321 g/mol. The van der Waals surface area contributed by atoms with Crippen molar-refractivity contribution in [2.24, 2.45) is 17.3 Å². The van der Waals surface area contributed by atoms with E-state index in [9.17, 15) is 13.2 Å². The molecular formula is C22H31F3. The van der Waals surface area contributed by atoms with Crippen LogP contribution in [0, 0.1) is 34.7 Å². The monoisotopic (exact) mass is 352 g/mol. The Morgan fingerprint density at radius 3 is 2.08 bits per heavy atom. The third-order valence-corrected chi connectivity index (χ3v) is 7.10. The van der Waals surface area contributed by atoms with Gasteiger partial charge in [0.05, 0.1) is 0 Å². The highest BCUT2D eigenvalue weighted by atomic mass is 19.2. The zero-order chi connectivity index (χ0) is 17.9. The van der Waals surface area contributed by atoms with Crippen molar-refractivity contribution in [3.05, 3.63) is 35.1 Å². The van der Waals surface area contributed by atoms with Crippen molar-refractivity contribution in [1.29, 1.82) is 0 Å². The molecule has 0 spiro atoms. The first-order valence-corrected chi connectivity index (χ1v) is 10.2. The molecule has 0 bridgehead atoms. The first-order chi connectivity index (χ1) is 12.0. The summed E-state index contributed by atoms with van der Waals surface area (Å²) >= 11 is 0. The molecule has 0 radical (unpaired) electrons. The second-order valence-corrected chi connectivity index (χ2v) is 8.42. The van der Waals surface area contributed by atoms with Crippen molar-refractivity contribution in [2.75, 3.05) is 0 Å². The summed E-state index contributed by atoms with van der Waals surface area (Å²) in [6.45, 7) is 2.28. The van der Waals surface area contributed by atoms with Crippen molar-refractivity contribution >= 4 is 0 Å². The van der Waals surface area contributed by atoms with Crippen molar-refractivity contribution in [3.8, 4) is 0 Å². The van der Waals surface area contributed by atoms with Gasteiger partial charge in [-0.1, -0.05) is 32.6 Å². The normalized spacial score (nSPS) is 28.2. The van der Waals surface area contributed by atoms with E-state index in [-0.39, 0.29) is 0 Å². The topological polar surface area (TPSA) is 0 Å². The van der Waals surface area contributed by atoms with Crippen LogP contribution in [0.5, 0.6) is 0 Å². The lowest BCUT2D eigenvalue weighted by molar-refractivity contribution is 0.0391. The Kier molecular flexibility index (Phi) is 6.12. The summed E-state index contributed by atoms with van der Waals surface area (Å²) in [6.07, 6.45) is 14.6. The summed E-state index contributed by atoms with van der Waals surface area (Å²) in [4.78, 5) is 0. The highest BCUT2D eigenvalue weighted by Crippen LogP contribution is 2.52. The van der Waals surface area contributed by atoms with Crippen LogP contribution < -0.4 is 0 Å². The number of hydrogen-bond acceptors (Lipinski definition) is 0. The predicted octanol–water partition coefficient (Wildman–Crippen LogP) is 7.20. The Morgan fingerprint density at radius 2 is 1.52 bits per heavy atom. The minimum Gasteiger partial charge on any atom is -0.204 e. The number of halogens is 3. The first kappa shape index (κ1) is 18.8. The maximum atomic E-state index is 13.5. The van der Waals surface area contributed by atoms with Crippen LogP contribution in [0.3, 0.4) is 0 Å². The molecule has 1 aromatic rings. The fourth-order valence-electron chi connectivity index (χ4n) is 5.38. The third-order valence-electron chi connectivity index (χ3n) is 7.10. The highest BCUT2D eigenvalue weighted by molar-refractivity contribution is 5.20. The van der Waals surface area contributed by atoms with Crippen molar-refractivity contribution in [2.45, 2.75) is 84.0 Å². The Morgan fingerprint density at radius 1 is 0.920 bits per heavy atom. The van der Waals surface area contributed by atoms with Crippen LogP contribution in [0.1, 0.15) is 83.1 Å². The van der Waals surface area contributed by atoms with Gasteiger partial charge in [-0.3, -0.25) is 0 Å². The summed E-state index contributed by atoms with van der Waals surface area (Å²) in [5.74, 6) is -1.87. The van der Waals surface area contributed by atoms with E-state index in [2.05, 4.69) is 6.92 Å². The standard InChI is InChI=1S/C22H31F3/c1-2-16-8-11-22(12-9-16,18-6-4-3-5-7-18)13-10-17-14-19(23)21(25)20(24)15-17/h14-16,18H,2-13H2,1H3/t16-,22-. The molecule has 3 heteroatoms. The second kappa shape index (κ2) is 8.14. The number of aryl methyl sites for hydroxylation is 1. The Labute approximate surface area is 150 Å². The van der Waals surface area contributed by atoms with Crippen LogP contribution in [0.15, 0.2) is 12.1 Å². The van der Waals surface area contributed by atoms with E-state index in [1.165, 1.54) is 76.3 Å². The zero-order valence-electron chi connectivity index (χ0n) is 15.4. The molecule has 0 aromatic heterocycles. The van der Waals surface area contributed by atoms with Crippen molar-refractivity contribution in [3.63, 3.8) is 0 Å². The van der Waals surface area contributed by atoms with Gasteiger partial charge in [0.25, 0.3) is 0 Å². The third kappa shape index (κ3) is 4.23. The molecule has 25 heavy (non-hydrogen) atoms. The van der Waals surface area contributed by atoms with Crippen LogP contribution in [0.25, 0.3) is 0 Å². The lowest BCUT2D eigenvalue weighted by Crippen LogP contribution is -2.36. The Balaban J connectivity index is 1.74. The quantitative estimate of drug-likeness (QED) is 0.491. The molecule has 0 saturated heterocycles. The maximum absolute atomic E-state index is 13.5. The van der Waals surface area contributed by atoms with Gasteiger partial charge in [-0.15, -0.1) is 0 Å². The van der Waals surface area contributed by atoms with E-state index in [1.54, 1.807) is 0 Å². The molecule has 2 fully saturated rings. The summed E-state index contributed by atoms with van der Waals surface area (Å²) in [5, 5.41) is 0. The van der Waals surface area contributed by atoms with E-state index >= 15 is 0 Å². The fraction of sp³-hybridized carbons (Fsp3) is 0.727. The number of benzene rings is 1. The smallest absolute Gasteiger partial charge is 0.194 e. The van der Waals surface area contributed by atoms with Gasteiger partial charge in [0, 0.05) is 0 Å². The molecule has 0 N–H and O–H groups in total. The van der Waals surface area contributed by atoms with Gasteiger partial charge in [0.15, 0.2) is 17.5 Å². The van der Waals surface area contributed by atoms with E-state index < -0.39 is 17.5 Å². The number of hydrogen-bond donors (Lipinski definition) is 0. The Bertz CT molecular complexity index is 544. The molecule has 0 unspecified atom stereocenters. The summed E-state index contributed by atoms with van der Waals surface area (Å²) in [5.41, 5.74) is 0.928. The van der Waals surface area contributed by atoms with Crippen LogP contribution in [0.4, 0.5) is 13.2 Å². The molecule has 0 atom stereocenters. The van der Waals surface area contributed by atoms with E-state index in [0.29, 0.717) is 17.4 Å². The molecule has 3 rings (SSSR count). The Hall–Kier alpha value is -0.990. The zero-order valence-corrected chi connectivity index (χ0v) is 15.4. The molecule has 0 aliphatic heterocycles. The molecule has 140 valence electrons. The van der Waals surface area contributed by atoms with Crippen LogP contribution in [-0.4, -0.2) is 0 Å². The summed E-state index contributed by atoms with van der Waals surface area (Å²) < 4.78 is 40.3. The summed E-state index contributed by atoms with van der Waals surface area (Å²) in [6, 6.07) is 2.37. The molecule has 1 aromatic carbocycles. The van der Waals surface area contributed by atoms with E-state index in [4.69, 9.17) is 0 Å². The average Bonchev–Trinajstić information content (AvgIpc) is 2.65. The number of rotatable bonds is 5. The van der Waals surface area contributed by atoms with Gasteiger partial charge >= 0.3 is 0 Å². The van der Waals surface area contributed by atoms with Gasteiger partial charge < -0.3 is 0 Å². The lowest BCUT2D eigenvalue weighted by atomic mass is 9.58. The highest BCUT2D eigenvalue weighted by Gasteiger charge is 2.41. The molecule has 2 aliphatic carbocycles. The molecule has 0 nitrogen and oxygen atoms in total. The largest absolute Gasteiger partial charge is 0.204 e. The van der Waals surface area contributed by atoms with Gasteiger partial charge in [0.2, 0.25) is 0 Å². The van der Waals surface area contributed by atoms with E-state index in [0.717, 1.165) is 18.3 Å². The second-order valence-electron chi connectivity index (χ2n) is 8.42. The average molecular weight is 352 g/mol. The maximum Gasteiger partial charge on any atom is 0.194 e. The van der Waals surface area contributed by atoms with Crippen LogP contribution in [0.2, 0.25) is 0 Å². The molecule has 0 amide bonds.